The standard InChI is InChI=1S/C17H17ClN2O2/c1-12-6-8-13(9-7-12)10-11-16(21)19-20-17(22)14-4-2-3-5-15(14)18/h2-9H,10-11H2,1H3,(H,19,21)(H,20,22). The first-order valence-electron chi connectivity index (χ1n) is 6.95. The average molecular weight is 317 g/mol. The van der Waals surface area contributed by atoms with Crippen LogP contribution in [0.15, 0.2) is 48.5 Å². The van der Waals surface area contributed by atoms with Crippen molar-refractivity contribution >= 4 is 23.4 Å². The van der Waals surface area contributed by atoms with Crippen molar-refractivity contribution in [3.8, 4) is 0 Å². The average Bonchev–Trinajstić information content (AvgIpc) is 2.52. The molecule has 0 spiro atoms. The molecule has 2 amide bonds. The molecule has 2 aromatic rings. The predicted octanol–water partition coefficient (Wildman–Crippen LogP) is 3.04. The molecule has 5 heteroatoms. The van der Waals surface area contributed by atoms with Crippen LogP contribution in [0, 0.1) is 6.92 Å². The van der Waals surface area contributed by atoms with E-state index >= 15 is 0 Å². The lowest BCUT2D eigenvalue weighted by atomic mass is 10.1. The van der Waals surface area contributed by atoms with E-state index in [1.165, 1.54) is 5.56 Å². The molecule has 0 saturated heterocycles. The van der Waals surface area contributed by atoms with Gasteiger partial charge in [-0.3, -0.25) is 20.4 Å². The van der Waals surface area contributed by atoms with Crippen molar-refractivity contribution in [3.05, 3.63) is 70.2 Å². The second-order valence-corrected chi connectivity index (χ2v) is 5.37. The Hall–Kier alpha value is -2.33. The summed E-state index contributed by atoms with van der Waals surface area (Å²) in [6.07, 6.45) is 0.917. The van der Waals surface area contributed by atoms with Gasteiger partial charge in [0, 0.05) is 6.42 Å². The Morgan fingerprint density at radius 2 is 1.68 bits per heavy atom. The molecule has 0 saturated carbocycles. The predicted molar refractivity (Wildman–Crippen MR) is 86.6 cm³/mol. The number of hydrogen-bond acceptors (Lipinski definition) is 2. The smallest absolute Gasteiger partial charge is 0.271 e. The van der Waals surface area contributed by atoms with Crippen molar-refractivity contribution in [2.75, 3.05) is 0 Å². The first-order valence-corrected chi connectivity index (χ1v) is 7.33. The van der Waals surface area contributed by atoms with Crippen LogP contribution in [0.1, 0.15) is 27.9 Å². The van der Waals surface area contributed by atoms with Crippen LogP contribution < -0.4 is 10.9 Å². The third-order valence-electron chi connectivity index (χ3n) is 3.20. The quantitative estimate of drug-likeness (QED) is 0.852. The zero-order chi connectivity index (χ0) is 15.9. The van der Waals surface area contributed by atoms with E-state index in [9.17, 15) is 9.59 Å². The normalized spacial score (nSPS) is 10.1. The third-order valence-corrected chi connectivity index (χ3v) is 3.52. The largest absolute Gasteiger partial charge is 0.273 e. The van der Waals surface area contributed by atoms with Crippen LogP contribution in [0.5, 0.6) is 0 Å². The number of nitrogens with one attached hydrogen (secondary N) is 2. The number of carbonyl (C=O) groups is 2. The van der Waals surface area contributed by atoms with Gasteiger partial charge in [0.05, 0.1) is 10.6 Å². The highest BCUT2D eigenvalue weighted by Gasteiger charge is 2.10. The number of carbonyl (C=O) groups excluding carboxylic acids is 2. The maximum absolute atomic E-state index is 11.9. The Morgan fingerprint density at radius 3 is 2.36 bits per heavy atom. The maximum atomic E-state index is 11.9. The zero-order valence-corrected chi connectivity index (χ0v) is 13.0. The van der Waals surface area contributed by atoms with E-state index < -0.39 is 5.91 Å². The van der Waals surface area contributed by atoms with Gasteiger partial charge in [0.1, 0.15) is 0 Å². The molecule has 0 aromatic heterocycles. The fourth-order valence-electron chi connectivity index (χ4n) is 1.91. The summed E-state index contributed by atoms with van der Waals surface area (Å²) in [5.41, 5.74) is 7.34. The van der Waals surface area contributed by atoms with Gasteiger partial charge >= 0.3 is 0 Å². The van der Waals surface area contributed by atoms with Crippen LogP contribution in [0.25, 0.3) is 0 Å². The third kappa shape index (κ3) is 4.60. The number of hydrogen-bond donors (Lipinski definition) is 2. The van der Waals surface area contributed by atoms with Gasteiger partial charge in [0.25, 0.3) is 5.91 Å². The lowest BCUT2D eigenvalue weighted by Crippen LogP contribution is -2.41. The van der Waals surface area contributed by atoms with Gasteiger partial charge in [-0.2, -0.15) is 0 Å². The summed E-state index contributed by atoms with van der Waals surface area (Å²) in [5, 5.41) is 0.342. The number of rotatable bonds is 4. The van der Waals surface area contributed by atoms with Gasteiger partial charge in [-0.25, -0.2) is 0 Å². The van der Waals surface area contributed by atoms with Crippen molar-refractivity contribution in [3.63, 3.8) is 0 Å². The molecule has 22 heavy (non-hydrogen) atoms. The highest BCUT2D eigenvalue weighted by molar-refractivity contribution is 6.33. The molecule has 0 aliphatic heterocycles. The summed E-state index contributed by atoms with van der Waals surface area (Å²) in [6, 6.07) is 14.7. The van der Waals surface area contributed by atoms with Crippen molar-refractivity contribution in [2.24, 2.45) is 0 Å². The zero-order valence-electron chi connectivity index (χ0n) is 12.2. The molecule has 0 unspecified atom stereocenters. The van der Waals surface area contributed by atoms with E-state index in [-0.39, 0.29) is 5.91 Å². The summed E-state index contributed by atoms with van der Waals surface area (Å²) in [6.45, 7) is 2.01. The number of aryl methyl sites for hydroxylation is 2. The number of halogens is 1. The second kappa shape index (κ2) is 7.61. The highest BCUT2D eigenvalue weighted by Crippen LogP contribution is 2.14. The minimum absolute atomic E-state index is 0.249. The van der Waals surface area contributed by atoms with Crippen LogP contribution in [-0.2, 0) is 11.2 Å². The highest BCUT2D eigenvalue weighted by atomic mass is 35.5. The van der Waals surface area contributed by atoms with Crippen LogP contribution >= 0.6 is 11.6 Å². The first-order chi connectivity index (χ1) is 10.6. The Balaban J connectivity index is 1.79. The Morgan fingerprint density at radius 1 is 1.00 bits per heavy atom. The van der Waals surface area contributed by atoms with Crippen LogP contribution in [-0.4, -0.2) is 11.8 Å². The molecule has 2 aromatic carbocycles. The van der Waals surface area contributed by atoms with Gasteiger partial charge < -0.3 is 0 Å². The van der Waals surface area contributed by atoms with E-state index in [2.05, 4.69) is 10.9 Å². The van der Waals surface area contributed by atoms with E-state index in [0.29, 0.717) is 23.4 Å². The fourth-order valence-corrected chi connectivity index (χ4v) is 2.14. The van der Waals surface area contributed by atoms with E-state index in [4.69, 9.17) is 11.6 Å². The molecule has 0 aliphatic rings. The molecule has 0 aliphatic carbocycles. The molecule has 0 fully saturated rings. The molecule has 114 valence electrons. The monoisotopic (exact) mass is 316 g/mol. The van der Waals surface area contributed by atoms with Gasteiger partial charge in [0.15, 0.2) is 0 Å². The van der Waals surface area contributed by atoms with Crippen molar-refractivity contribution in [2.45, 2.75) is 19.8 Å². The number of benzene rings is 2. The van der Waals surface area contributed by atoms with E-state index in [0.717, 1.165) is 5.56 Å². The van der Waals surface area contributed by atoms with Crippen LogP contribution in [0.4, 0.5) is 0 Å². The Kier molecular flexibility index (Phi) is 5.55. The SMILES string of the molecule is Cc1ccc(CCC(=O)NNC(=O)c2ccccc2Cl)cc1. The first kappa shape index (κ1) is 16.0. The molecule has 2 rings (SSSR count). The molecule has 0 radical (unpaired) electrons. The van der Waals surface area contributed by atoms with Crippen LogP contribution in [0.2, 0.25) is 5.02 Å². The van der Waals surface area contributed by atoms with Gasteiger partial charge in [-0.1, -0.05) is 53.6 Å². The summed E-state index contributed by atoms with van der Waals surface area (Å²) in [5.74, 6) is -0.685. The lowest BCUT2D eigenvalue weighted by molar-refractivity contribution is -0.121. The van der Waals surface area contributed by atoms with Crippen molar-refractivity contribution < 1.29 is 9.59 Å². The van der Waals surface area contributed by atoms with Gasteiger partial charge in [-0.15, -0.1) is 0 Å². The molecule has 2 N–H and O–H groups in total. The molecule has 0 bridgehead atoms. The minimum Gasteiger partial charge on any atom is -0.273 e. The van der Waals surface area contributed by atoms with Gasteiger partial charge in [0.2, 0.25) is 5.91 Å². The number of hydrazine groups is 1. The Bertz CT molecular complexity index is 669. The fraction of sp³-hybridized carbons (Fsp3) is 0.176. The van der Waals surface area contributed by atoms with Crippen molar-refractivity contribution in [1.82, 2.24) is 10.9 Å². The van der Waals surface area contributed by atoms with E-state index in [1.54, 1.807) is 24.3 Å². The number of amides is 2. The minimum atomic E-state index is -0.436. The van der Waals surface area contributed by atoms with Crippen molar-refractivity contribution in [1.29, 1.82) is 0 Å². The summed E-state index contributed by atoms with van der Waals surface area (Å²) >= 11 is 5.91. The summed E-state index contributed by atoms with van der Waals surface area (Å²) in [7, 11) is 0. The maximum Gasteiger partial charge on any atom is 0.271 e. The Labute approximate surface area is 134 Å². The lowest BCUT2D eigenvalue weighted by Gasteiger charge is -2.08. The van der Waals surface area contributed by atoms with Gasteiger partial charge in [-0.05, 0) is 31.0 Å². The molecule has 0 heterocycles. The molecular formula is C17H17ClN2O2. The van der Waals surface area contributed by atoms with Crippen LogP contribution in [0.3, 0.4) is 0 Å². The summed E-state index contributed by atoms with van der Waals surface area (Å²) < 4.78 is 0. The molecular weight excluding hydrogens is 300 g/mol. The molecule has 4 nitrogen and oxygen atoms in total. The topological polar surface area (TPSA) is 58.2 Å². The molecule has 0 atom stereocenters. The summed E-state index contributed by atoms with van der Waals surface area (Å²) in [4.78, 5) is 23.6. The second-order valence-electron chi connectivity index (χ2n) is 4.97. The van der Waals surface area contributed by atoms with E-state index in [1.807, 2.05) is 31.2 Å².